The molecule has 0 spiro atoms. The van der Waals surface area contributed by atoms with Crippen molar-refractivity contribution in [2.75, 3.05) is 19.0 Å². The summed E-state index contributed by atoms with van der Waals surface area (Å²) < 4.78 is 5.28. The highest BCUT2D eigenvalue weighted by atomic mass is 16.5. The Bertz CT molecular complexity index is 882. The van der Waals surface area contributed by atoms with Gasteiger partial charge >= 0.3 is 0 Å². The Morgan fingerprint density at radius 3 is 2.68 bits per heavy atom. The first-order valence-electron chi connectivity index (χ1n) is 9.03. The molecule has 2 aromatic carbocycles. The minimum Gasteiger partial charge on any atom is -0.495 e. The molecule has 2 aromatic rings. The molecule has 2 N–H and O–H groups in total. The second-order valence-electron chi connectivity index (χ2n) is 6.76. The van der Waals surface area contributed by atoms with Gasteiger partial charge in [0, 0.05) is 6.54 Å². The number of carbonyl (C=O) groups is 3. The smallest absolute Gasteiger partial charge is 0.246 e. The zero-order valence-corrected chi connectivity index (χ0v) is 15.9. The normalized spacial score (nSPS) is 16.5. The maximum absolute atomic E-state index is 12.7. The summed E-state index contributed by atoms with van der Waals surface area (Å²) in [6.07, 6.45) is -0.146. The zero-order chi connectivity index (χ0) is 20.1. The molecule has 1 saturated heterocycles. The van der Waals surface area contributed by atoms with E-state index in [1.54, 1.807) is 6.07 Å². The number of hydrogen-bond acceptors (Lipinski definition) is 4. The first kappa shape index (κ1) is 19.4. The van der Waals surface area contributed by atoms with E-state index >= 15 is 0 Å². The highest BCUT2D eigenvalue weighted by Gasteiger charge is 2.34. The van der Waals surface area contributed by atoms with Crippen LogP contribution in [0.2, 0.25) is 0 Å². The summed E-state index contributed by atoms with van der Waals surface area (Å²) in [6.45, 7) is 2.24. The largest absolute Gasteiger partial charge is 0.495 e. The van der Waals surface area contributed by atoms with E-state index in [4.69, 9.17) is 4.74 Å². The van der Waals surface area contributed by atoms with Gasteiger partial charge in [0.15, 0.2) is 0 Å². The van der Waals surface area contributed by atoms with Crippen LogP contribution in [0.1, 0.15) is 17.5 Å². The summed E-state index contributed by atoms with van der Waals surface area (Å²) >= 11 is 0. The van der Waals surface area contributed by atoms with Gasteiger partial charge in [-0.2, -0.15) is 0 Å². The maximum Gasteiger partial charge on any atom is 0.246 e. The van der Waals surface area contributed by atoms with E-state index in [-0.39, 0.29) is 30.7 Å². The van der Waals surface area contributed by atoms with Crippen LogP contribution in [0.15, 0.2) is 48.5 Å². The summed E-state index contributed by atoms with van der Waals surface area (Å²) in [6, 6.07) is 14.0. The van der Waals surface area contributed by atoms with E-state index < -0.39 is 6.04 Å². The molecule has 3 rings (SSSR count). The Kier molecular flexibility index (Phi) is 5.93. The summed E-state index contributed by atoms with van der Waals surface area (Å²) in [5, 5.41) is 5.36. The van der Waals surface area contributed by atoms with Gasteiger partial charge in [0.25, 0.3) is 0 Å². The van der Waals surface area contributed by atoms with Crippen LogP contribution in [0.5, 0.6) is 5.75 Å². The van der Waals surface area contributed by atoms with Crippen LogP contribution in [-0.4, -0.2) is 42.3 Å². The van der Waals surface area contributed by atoms with Crippen molar-refractivity contribution in [3.8, 4) is 5.75 Å². The van der Waals surface area contributed by atoms with E-state index in [1.165, 1.54) is 12.0 Å². The lowest BCUT2D eigenvalue weighted by Gasteiger charge is -2.32. The number of hydrogen-bond donors (Lipinski definition) is 2. The van der Waals surface area contributed by atoms with Gasteiger partial charge in [-0.3, -0.25) is 14.4 Å². The van der Waals surface area contributed by atoms with Gasteiger partial charge in [-0.05, 0) is 30.2 Å². The Hall–Kier alpha value is -3.35. The van der Waals surface area contributed by atoms with E-state index in [0.29, 0.717) is 18.0 Å². The lowest BCUT2D eigenvalue weighted by molar-refractivity contribution is -0.145. The van der Waals surface area contributed by atoms with Crippen LogP contribution in [0.4, 0.5) is 5.69 Å². The number of anilines is 1. The minimum absolute atomic E-state index is 0.0162. The van der Waals surface area contributed by atoms with Crippen LogP contribution in [0.25, 0.3) is 0 Å². The van der Waals surface area contributed by atoms with Crippen molar-refractivity contribution in [2.24, 2.45) is 0 Å². The average molecular weight is 381 g/mol. The molecule has 7 heteroatoms. The highest BCUT2D eigenvalue weighted by molar-refractivity contribution is 6.00. The van der Waals surface area contributed by atoms with Crippen LogP contribution >= 0.6 is 0 Å². The van der Waals surface area contributed by atoms with Gasteiger partial charge < -0.3 is 20.3 Å². The molecular formula is C21H23N3O4. The number of carbonyl (C=O) groups excluding carboxylic acids is 3. The minimum atomic E-state index is -0.888. The zero-order valence-electron chi connectivity index (χ0n) is 15.9. The quantitative estimate of drug-likeness (QED) is 0.800. The van der Waals surface area contributed by atoms with E-state index in [1.807, 2.05) is 49.4 Å². The molecule has 1 aliphatic rings. The number of benzene rings is 2. The second kappa shape index (κ2) is 8.56. The van der Waals surface area contributed by atoms with Crippen molar-refractivity contribution in [3.63, 3.8) is 0 Å². The van der Waals surface area contributed by atoms with Gasteiger partial charge in [-0.15, -0.1) is 0 Å². The number of amides is 3. The Morgan fingerprint density at radius 2 is 1.96 bits per heavy atom. The van der Waals surface area contributed by atoms with Crippen LogP contribution in [-0.2, 0) is 20.9 Å². The van der Waals surface area contributed by atoms with Gasteiger partial charge in [-0.1, -0.05) is 36.4 Å². The Labute approximate surface area is 163 Å². The van der Waals surface area contributed by atoms with Crippen molar-refractivity contribution in [2.45, 2.75) is 25.9 Å². The Morgan fingerprint density at radius 1 is 1.21 bits per heavy atom. The van der Waals surface area contributed by atoms with Crippen LogP contribution < -0.4 is 15.4 Å². The third kappa shape index (κ3) is 4.68. The molecular weight excluding hydrogens is 358 g/mol. The Balaban J connectivity index is 1.66. The standard InChI is InChI=1S/C21H23N3O4/c1-14-8-9-16(18(10-14)28-2)22-19(25)11-17-21(27)24(13-20(26)23-17)12-15-6-4-3-5-7-15/h3-10,17H,11-13H2,1-2H3,(H,22,25)(H,23,26). The molecule has 0 aromatic heterocycles. The molecule has 1 unspecified atom stereocenters. The fourth-order valence-corrected chi connectivity index (χ4v) is 3.14. The summed E-state index contributed by atoms with van der Waals surface area (Å²) in [4.78, 5) is 38.7. The fourth-order valence-electron chi connectivity index (χ4n) is 3.14. The molecule has 0 radical (unpaired) electrons. The van der Waals surface area contributed by atoms with Crippen LogP contribution in [0, 0.1) is 6.92 Å². The predicted molar refractivity (Wildman–Crippen MR) is 105 cm³/mol. The van der Waals surface area contributed by atoms with Gasteiger partial charge in [0.2, 0.25) is 17.7 Å². The molecule has 7 nitrogen and oxygen atoms in total. The number of methoxy groups -OCH3 is 1. The third-order valence-electron chi connectivity index (χ3n) is 4.52. The maximum atomic E-state index is 12.7. The lowest BCUT2D eigenvalue weighted by Crippen LogP contribution is -2.58. The molecule has 3 amide bonds. The molecule has 0 saturated carbocycles. The van der Waals surface area contributed by atoms with Crippen molar-refractivity contribution < 1.29 is 19.1 Å². The third-order valence-corrected chi connectivity index (χ3v) is 4.52. The monoisotopic (exact) mass is 381 g/mol. The van der Waals surface area contributed by atoms with Crippen LogP contribution in [0.3, 0.4) is 0 Å². The fraction of sp³-hybridized carbons (Fsp3) is 0.286. The number of nitrogens with zero attached hydrogens (tertiary/aromatic N) is 1. The molecule has 1 atom stereocenters. The number of aryl methyl sites for hydroxylation is 1. The molecule has 28 heavy (non-hydrogen) atoms. The second-order valence-corrected chi connectivity index (χ2v) is 6.76. The number of nitrogens with one attached hydrogen (secondary N) is 2. The van der Waals surface area contributed by atoms with E-state index in [0.717, 1.165) is 11.1 Å². The average Bonchev–Trinajstić information content (AvgIpc) is 2.67. The molecule has 146 valence electrons. The van der Waals surface area contributed by atoms with Crippen molar-refractivity contribution in [1.29, 1.82) is 0 Å². The first-order chi connectivity index (χ1) is 13.5. The van der Waals surface area contributed by atoms with Gasteiger partial charge in [0.1, 0.15) is 11.8 Å². The number of rotatable bonds is 6. The molecule has 0 aliphatic carbocycles. The van der Waals surface area contributed by atoms with E-state index in [2.05, 4.69) is 10.6 Å². The van der Waals surface area contributed by atoms with Crippen molar-refractivity contribution in [1.82, 2.24) is 10.2 Å². The predicted octanol–water partition coefficient (Wildman–Crippen LogP) is 1.86. The van der Waals surface area contributed by atoms with Crippen molar-refractivity contribution in [3.05, 3.63) is 59.7 Å². The summed E-state index contributed by atoms with van der Waals surface area (Å²) in [7, 11) is 1.52. The number of piperazine rings is 1. The highest BCUT2D eigenvalue weighted by Crippen LogP contribution is 2.25. The number of ether oxygens (including phenoxy) is 1. The summed E-state index contributed by atoms with van der Waals surface area (Å²) in [5.41, 5.74) is 2.45. The molecule has 1 heterocycles. The topological polar surface area (TPSA) is 87.7 Å². The van der Waals surface area contributed by atoms with Gasteiger partial charge in [0.05, 0.1) is 25.8 Å². The summed E-state index contributed by atoms with van der Waals surface area (Å²) in [5.74, 6) is -0.379. The SMILES string of the molecule is COc1cc(C)ccc1NC(=O)CC1NC(=O)CN(Cc2ccccc2)C1=O. The van der Waals surface area contributed by atoms with E-state index in [9.17, 15) is 14.4 Å². The molecule has 1 aliphatic heterocycles. The molecule has 0 bridgehead atoms. The lowest BCUT2D eigenvalue weighted by atomic mass is 10.1. The van der Waals surface area contributed by atoms with Gasteiger partial charge in [-0.25, -0.2) is 0 Å². The first-order valence-corrected chi connectivity index (χ1v) is 9.03. The molecule has 1 fully saturated rings. The van der Waals surface area contributed by atoms with Crippen molar-refractivity contribution >= 4 is 23.4 Å².